The van der Waals surface area contributed by atoms with Crippen LogP contribution in [0.15, 0.2) is 54.7 Å². The normalized spacial score (nSPS) is 11.0. The van der Waals surface area contributed by atoms with Gasteiger partial charge in [0.05, 0.1) is 18.5 Å². The highest BCUT2D eigenvalue weighted by atomic mass is 16.5. The van der Waals surface area contributed by atoms with Crippen molar-refractivity contribution in [3.8, 4) is 5.69 Å². The van der Waals surface area contributed by atoms with Crippen molar-refractivity contribution < 1.29 is 4.74 Å². The van der Waals surface area contributed by atoms with Gasteiger partial charge in [0.2, 0.25) is 5.95 Å². The molecule has 3 N–H and O–H groups in total. The van der Waals surface area contributed by atoms with E-state index in [9.17, 15) is 0 Å². The fourth-order valence-electron chi connectivity index (χ4n) is 2.76. The molecule has 0 spiro atoms. The van der Waals surface area contributed by atoms with Gasteiger partial charge in [-0.15, -0.1) is 5.10 Å². The molecule has 0 bridgehead atoms. The molecule has 2 aromatic carbocycles. The highest BCUT2D eigenvalue weighted by Crippen LogP contribution is 2.19. The van der Waals surface area contributed by atoms with Gasteiger partial charge in [0.25, 0.3) is 0 Å². The number of nitrogens with zero attached hydrogens (tertiary/aromatic N) is 5. The molecule has 8 nitrogen and oxygen atoms in total. The maximum atomic E-state index is 5.63. The Morgan fingerprint density at radius 1 is 1.11 bits per heavy atom. The molecule has 2 aromatic heterocycles. The number of hydrogen-bond donors (Lipinski definition) is 2. The van der Waals surface area contributed by atoms with Crippen LogP contribution < -0.4 is 11.1 Å². The second-order valence-electron chi connectivity index (χ2n) is 6.03. The van der Waals surface area contributed by atoms with E-state index < -0.39 is 0 Å². The molecule has 0 aliphatic carbocycles. The fourth-order valence-corrected chi connectivity index (χ4v) is 2.76. The Morgan fingerprint density at radius 2 is 1.96 bits per heavy atom. The number of nitrogens with two attached hydrogens (primary N) is 1. The van der Waals surface area contributed by atoms with Gasteiger partial charge in [-0.2, -0.15) is 9.67 Å². The summed E-state index contributed by atoms with van der Waals surface area (Å²) in [5.74, 6) is 0.472. The lowest BCUT2D eigenvalue weighted by Crippen LogP contribution is -2.02. The van der Waals surface area contributed by atoms with E-state index in [1.165, 1.54) is 0 Å². The minimum absolute atomic E-state index is 0.472. The fraction of sp³-hybridized carbons (Fsp3) is 0.158. The number of nitrogens with one attached hydrogen (secondary N) is 1. The van der Waals surface area contributed by atoms with Crippen LogP contribution in [-0.2, 0) is 17.9 Å². The first kappa shape index (κ1) is 17.1. The van der Waals surface area contributed by atoms with Gasteiger partial charge in [-0.3, -0.25) is 0 Å². The van der Waals surface area contributed by atoms with E-state index in [-0.39, 0.29) is 0 Å². The van der Waals surface area contributed by atoms with Gasteiger partial charge in [0.15, 0.2) is 11.2 Å². The Labute approximate surface area is 156 Å². The van der Waals surface area contributed by atoms with Crippen molar-refractivity contribution in [1.29, 1.82) is 0 Å². The molecule has 4 aromatic rings. The van der Waals surface area contributed by atoms with Gasteiger partial charge < -0.3 is 15.8 Å². The molecule has 4 rings (SSSR count). The Balaban J connectivity index is 1.67. The molecule has 0 radical (unpaired) electrons. The van der Waals surface area contributed by atoms with Crippen molar-refractivity contribution in [2.24, 2.45) is 5.73 Å². The Hall–Kier alpha value is -3.36. The molecule has 8 heteroatoms. The van der Waals surface area contributed by atoms with Crippen LogP contribution in [0, 0.1) is 0 Å². The van der Waals surface area contributed by atoms with Gasteiger partial charge in [-0.05, 0) is 35.4 Å². The number of anilines is 2. The molecule has 0 unspecified atom stereocenters. The number of aromatic nitrogens is 5. The first-order valence-electron chi connectivity index (χ1n) is 8.49. The minimum Gasteiger partial charge on any atom is -0.380 e. The lowest BCUT2D eigenvalue weighted by Gasteiger charge is -2.07. The zero-order valence-corrected chi connectivity index (χ0v) is 14.8. The van der Waals surface area contributed by atoms with Crippen molar-refractivity contribution in [3.05, 3.63) is 65.9 Å². The van der Waals surface area contributed by atoms with Crippen LogP contribution in [0.5, 0.6) is 0 Å². The molecular weight excluding hydrogens is 342 g/mol. The van der Waals surface area contributed by atoms with Crippen LogP contribution in [-0.4, -0.2) is 32.1 Å². The first-order chi connectivity index (χ1) is 13.3. The van der Waals surface area contributed by atoms with E-state index in [2.05, 4.69) is 25.6 Å². The van der Waals surface area contributed by atoms with Crippen LogP contribution in [0.2, 0.25) is 0 Å². The topological polar surface area (TPSA) is 104 Å². The number of methoxy groups -OCH3 is 1. The van der Waals surface area contributed by atoms with Crippen LogP contribution in [0.25, 0.3) is 16.9 Å². The maximum absolute atomic E-state index is 5.63. The average Bonchev–Trinajstić information content (AvgIpc) is 3.12. The third-order valence-electron chi connectivity index (χ3n) is 4.10. The van der Waals surface area contributed by atoms with E-state index in [0.29, 0.717) is 30.3 Å². The second kappa shape index (κ2) is 7.48. The third kappa shape index (κ3) is 3.62. The molecule has 0 saturated heterocycles. The van der Waals surface area contributed by atoms with E-state index in [1.807, 2.05) is 48.5 Å². The Morgan fingerprint density at radius 3 is 2.74 bits per heavy atom. The van der Waals surface area contributed by atoms with Crippen molar-refractivity contribution in [3.63, 3.8) is 0 Å². The standard InChI is InChI=1S/C19H19N7O/c1-27-12-14-3-2-4-16(9-14)26-18-17(24-25-26)11-21-19(23-18)22-15-7-5-13(10-20)6-8-15/h2-9,11H,10,12,20H2,1H3,(H,21,22,23). The van der Waals surface area contributed by atoms with E-state index in [4.69, 9.17) is 10.5 Å². The molecule has 136 valence electrons. The third-order valence-corrected chi connectivity index (χ3v) is 4.10. The first-order valence-corrected chi connectivity index (χ1v) is 8.49. The zero-order chi connectivity index (χ0) is 18.6. The molecule has 0 atom stereocenters. The lowest BCUT2D eigenvalue weighted by atomic mass is 10.2. The van der Waals surface area contributed by atoms with Crippen LogP contribution >= 0.6 is 0 Å². The average molecular weight is 361 g/mol. The summed E-state index contributed by atoms with van der Waals surface area (Å²) in [6.07, 6.45) is 1.65. The van der Waals surface area contributed by atoms with Gasteiger partial charge in [-0.25, -0.2) is 4.98 Å². The quantitative estimate of drug-likeness (QED) is 0.544. The van der Waals surface area contributed by atoms with E-state index in [1.54, 1.807) is 18.0 Å². The van der Waals surface area contributed by atoms with Crippen molar-refractivity contribution in [1.82, 2.24) is 25.0 Å². The summed E-state index contributed by atoms with van der Waals surface area (Å²) < 4.78 is 6.89. The number of hydrogen-bond acceptors (Lipinski definition) is 7. The lowest BCUT2D eigenvalue weighted by molar-refractivity contribution is 0.185. The predicted octanol–water partition coefficient (Wildman–Crippen LogP) is 2.56. The van der Waals surface area contributed by atoms with Crippen molar-refractivity contribution in [2.75, 3.05) is 12.4 Å². The van der Waals surface area contributed by atoms with Gasteiger partial charge in [0, 0.05) is 19.3 Å². The Kier molecular flexibility index (Phi) is 4.73. The monoisotopic (exact) mass is 361 g/mol. The number of rotatable bonds is 6. The number of benzene rings is 2. The molecule has 27 heavy (non-hydrogen) atoms. The van der Waals surface area contributed by atoms with Crippen LogP contribution in [0.4, 0.5) is 11.6 Å². The maximum Gasteiger partial charge on any atom is 0.229 e. The summed E-state index contributed by atoms with van der Waals surface area (Å²) in [5, 5.41) is 11.6. The highest BCUT2D eigenvalue weighted by molar-refractivity contribution is 5.72. The summed E-state index contributed by atoms with van der Waals surface area (Å²) >= 11 is 0. The van der Waals surface area contributed by atoms with Crippen molar-refractivity contribution in [2.45, 2.75) is 13.2 Å². The summed E-state index contributed by atoms with van der Waals surface area (Å²) in [5.41, 5.74) is 10.7. The summed E-state index contributed by atoms with van der Waals surface area (Å²) in [6.45, 7) is 1.04. The largest absolute Gasteiger partial charge is 0.380 e. The van der Waals surface area contributed by atoms with Crippen LogP contribution in [0.1, 0.15) is 11.1 Å². The molecule has 0 aliphatic rings. The number of ether oxygens (including phenoxy) is 1. The van der Waals surface area contributed by atoms with Crippen molar-refractivity contribution >= 4 is 22.8 Å². The highest BCUT2D eigenvalue weighted by Gasteiger charge is 2.11. The zero-order valence-electron chi connectivity index (χ0n) is 14.8. The number of fused-ring (bicyclic) bond motifs is 1. The van der Waals surface area contributed by atoms with Gasteiger partial charge in [-0.1, -0.05) is 29.5 Å². The summed E-state index contributed by atoms with van der Waals surface area (Å²) in [4.78, 5) is 8.90. The summed E-state index contributed by atoms with van der Waals surface area (Å²) in [6, 6.07) is 15.7. The SMILES string of the molecule is COCc1cccc(-n2nnc3cnc(Nc4ccc(CN)cc4)nc32)c1. The van der Waals surface area contributed by atoms with Gasteiger partial charge >= 0.3 is 0 Å². The molecule has 0 fully saturated rings. The Bertz CT molecular complexity index is 1060. The minimum atomic E-state index is 0.472. The molecule has 0 aliphatic heterocycles. The van der Waals surface area contributed by atoms with E-state index in [0.717, 1.165) is 22.5 Å². The van der Waals surface area contributed by atoms with E-state index >= 15 is 0 Å². The molecular formula is C19H19N7O. The predicted molar refractivity (Wildman–Crippen MR) is 103 cm³/mol. The smallest absolute Gasteiger partial charge is 0.229 e. The molecule has 2 heterocycles. The van der Waals surface area contributed by atoms with Gasteiger partial charge in [0.1, 0.15) is 0 Å². The summed E-state index contributed by atoms with van der Waals surface area (Å²) in [7, 11) is 1.67. The van der Waals surface area contributed by atoms with Crippen LogP contribution in [0.3, 0.4) is 0 Å². The molecule has 0 saturated carbocycles. The molecule has 0 amide bonds. The second-order valence-corrected chi connectivity index (χ2v) is 6.03.